The number of hydrogen-bond donors (Lipinski definition) is 1. The fourth-order valence-corrected chi connectivity index (χ4v) is 2.67. The van der Waals surface area contributed by atoms with Gasteiger partial charge in [0.1, 0.15) is 0 Å². The maximum Gasteiger partial charge on any atom is 0.0702 e. The van der Waals surface area contributed by atoms with Crippen molar-refractivity contribution in [3.05, 3.63) is 0 Å². The van der Waals surface area contributed by atoms with Gasteiger partial charge in [0, 0.05) is 38.4 Å². The third kappa shape index (κ3) is 3.42. The molecular formula is C12H24N2O2. The fourth-order valence-electron chi connectivity index (χ4n) is 2.67. The van der Waals surface area contributed by atoms with Gasteiger partial charge < -0.3 is 20.1 Å². The molecular weight excluding hydrogens is 204 g/mol. The molecule has 2 fully saturated rings. The molecule has 2 rings (SSSR count). The Bertz CT molecular complexity index is 211. The lowest BCUT2D eigenvalue weighted by Crippen LogP contribution is -2.53. The van der Waals surface area contributed by atoms with Gasteiger partial charge in [0.15, 0.2) is 0 Å². The highest BCUT2D eigenvalue weighted by atomic mass is 16.5. The van der Waals surface area contributed by atoms with E-state index in [2.05, 4.69) is 11.9 Å². The molecule has 0 aromatic carbocycles. The second kappa shape index (κ2) is 5.45. The van der Waals surface area contributed by atoms with E-state index < -0.39 is 0 Å². The number of nitrogens with two attached hydrogens (primary N) is 1. The zero-order valence-electron chi connectivity index (χ0n) is 10.3. The van der Waals surface area contributed by atoms with Crippen molar-refractivity contribution in [1.82, 2.24) is 4.90 Å². The molecule has 0 aliphatic carbocycles. The molecule has 4 heteroatoms. The highest BCUT2D eigenvalue weighted by molar-refractivity contribution is 4.89. The van der Waals surface area contributed by atoms with Crippen LogP contribution in [0.4, 0.5) is 0 Å². The first-order valence-corrected chi connectivity index (χ1v) is 6.35. The summed E-state index contributed by atoms with van der Waals surface area (Å²) in [5.41, 5.74) is 6.32. The minimum atomic E-state index is -0.0500. The molecule has 0 radical (unpaired) electrons. The Balaban J connectivity index is 1.74. The van der Waals surface area contributed by atoms with Crippen LogP contribution in [0.5, 0.6) is 0 Å². The van der Waals surface area contributed by atoms with E-state index in [0.29, 0.717) is 6.10 Å². The smallest absolute Gasteiger partial charge is 0.0702 e. The van der Waals surface area contributed by atoms with Crippen LogP contribution < -0.4 is 5.73 Å². The standard InChI is InChI=1S/C12H24N2O2/c1-14(9-11-3-2-6-16-11)10-12(13)4-7-15-8-5-12/h11H,2-10,13H2,1H3. The topological polar surface area (TPSA) is 47.7 Å². The van der Waals surface area contributed by atoms with Crippen LogP contribution in [0.15, 0.2) is 0 Å². The van der Waals surface area contributed by atoms with Crippen LogP contribution in [0, 0.1) is 0 Å². The summed E-state index contributed by atoms with van der Waals surface area (Å²) in [6, 6.07) is 0. The molecule has 1 atom stereocenters. The van der Waals surface area contributed by atoms with Gasteiger partial charge >= 0.3 is 0 Å². The number of rotatable bonds is 4. The molecule has 0 aromatic heterocycles. The van der Waals surface area contributed by atoms with Gasteiger partial charge in [-0.3, -0.25) is 0 Å². The summed E-state index contributed by atoms with van der Waals surface area (Å²) in [5.74, 6) is 0. The van der Waals surface area contributed by atoms with Gasteiger partial charge in [-0.25, -0.2) is 0 Å². The molecule has 0 amide bonds. The largest absolute Gasteiger partial charge is 0.381 e. The lowest BCUT2D eigenvalue weighted by molar-refractivity contribution is 0.0295. The Hall–Kier alpha value is -0.160. The number of ether oxygens (including phenoxy) is 2. The molecule has 0 aromatic rings. The van der Waals surface area contributed by atoms with Gasteiger partial charge in [-0.1, -0.05) is 0 Å². The van der Waals surface area contributed by atoms with Crippen LogP contribution in [0.2, 0.25) is 0 Å². The van der Waals surface area contributed by atoms with E-state index in [9.17, 15) is 0 Å². The first kappa shape index (κ1) is 12.3. The third-order valence-corrected chi connectivity index (χ3v) is 3.61. The van der Waals surface area contributed by atoms with Crippen LogP contribution in [0.1, 0.15) is 25.7 Å². The van der Waals surface area contributed by atoms with E-state index in [1.807, 2.05) is 0 Å². The Morgan fingerprint density at radius 3 is 2.69 bits per heavy atom. The van der Waals surface area contributed by atoms with Crippen LogP contribution >= 0.6 is 0 Å². The van der Waals surface area contributed by atoms with Crippen molar-refractivity contribution in [2.75, 3.05) is 40.0 Å². The highest BCUT2D eigenvalue weighted by Crippen LogP contribution is 2.20. The average molecular weight is 228 g/mol. The van der Waals surface area contributed by atoms with Gasteiger partial charge in [0.2, 0.25) is 0 Å². The number of likely N-dealkylation sites (N-methyl/N-ethyl adjacent to an activating group) is 1. The van der Waals surface area contributed by atoms with E-state index in [0.717, 1.165) is 45.8 Å². The maximum absolute atomic E-state index is 6.37. The number of hydrogen-bond acceptors (Lipinski definition) is 4. The predicted octanol–water partition coefficient (Wildman–Crippen LogP) is 0.605. The average Bonchev–Trinajstić information content (AvgIpc) is 2.70. The third-order valence-electron chi connectivity index (χ3n) is 3.61. The lowest BCUT2D eigenvalue weighted by Gasteiger charge is -2.37. The van der Waals surface area contributed by atoms with E-state index in [-0.39, 0.29) is 5.54 Å². The molecule has 1 unspecified atom stereocenters. The summed E-state index contributed by atoms with van der Waals surface area (Å²) in [5, 5.41) is 0. The molecule has 2 heterocycles. The van der Waals surface area contributed by atoms with E-state index in [4.69, 9.17) is 15.2 Å². The molecule has 2 saturated heterocycles. The molecule has 94 valence electrons. The lowest BCUT2D eigenvalue weighted by atomic mass is 9.91. The van der Waals surface area contributed by atoms with Gasteiger partial charge in [0.05, 0.1) is 6.10 Å². The number of nitrogens with zero attached hydrogens (tertiary/aromatic N) is 1. The van der Waals surface area contributed by atoms with Crippen LogP contribution in [0.25, 0.3) is 0 Å². The minimum absolute atomic E-state index is 0.0500. The molecule has 2 aliphatic rings. The van der Waals surface area contributed by atoms with Gasteiger partial charge in [-0.15, -0.1) is 0 Å². The fraction of sp³-hybridized carbons (Fsp3) is 1.00. The van der Waals surface area contributed by atoms with Crippen molar-refractivity contribution in [3.63, 3.8) is 0 Å². The second-order valence-corrected chi connectivity index (χ2v) is 5.31. The molecule has 16 heavy (non-hydrogen) atoms. The zero-order valence-corrected chi connectivity index (χ0v) is 10.3. The maximum atomic E-state index is 6.37. The Kier molecular flexibility index (Phi) is 4.19. The Morgan fingerprint density at radius 2 is 2.06 bits per heavy atom. The quantitative estimate of drug-likeness (QED) is 0.765. The van der Waals surface area contributed by atoms with Crippen LogP contribution in [-0.2, 0) is 9.47 Å². The molecule has 0 saturated carbocycles. The predicted molar refractivity (Wildman–Crippen MR) is 63.4 cm³/mol. The van der Waals surface area contributed by atoms with Gasteiger partial charge in [-0.05, 0) is 32.7 Å². The van der Waals surface area contributed by atoms with E-state index in [1.54, 1.807) is 0 Å². The first-order valence-electron chi connectivity index (χ1n) is 6.35. The minimum Gasteiger partial charge on any atom is -0.381 e. The monoisotopic (exact) mass is 228 g/mol. The van der Waals surface area contributed by atoms with E-state index >= 15 is 0 Å². The summed E-state index contributed by atoms with van der Waals surface area (Å²) in [7, 11) is 2.14. The van der Waals surface area contributed by atoms with E-state index in [1.165, 1.54) is 12.8 Å². The summed E-state index contributed by atoms with van der Waals surface area (Å²) in [6.07, 6.45) is 4.78. The normalized spacial score (nSPS) is 29.8. The molecule has 2 N–H and O–H groups in total. The summed E-state index contributed by atoms with van der Waals surface area (Å²) in [4.78, 5) is 2.32. The van der Waals surface area contributed by atoms with Crippen molar-refractivity contribution in [1.29, 1.82) is 0 Å². The Labute approximate surface area is 98.1 Å². The molecule has 0 bridgehead atoms. The highest BCUT2D eigenvalue weighted by Gasteiger charge is 2.30. The Morgan fingerprint density at radius 1 is 1.31 bits per heavy atom. The van der Waals surface area contributed by atoms with Crippen LogP contribution in [-0.4, -0.2) is 56.5 Å². The van der Waals surface area contributed by atoms with Crippen molar-refractivity contribution >= 4 is 0 Å². The van der Waals surface area contributed by atoms with Crippen LogP contribution in [0.3, 0.4) is 0 Å². The zero-order chi connectivity index (χ0) is 11.4. The SMILES string of the molecule is CN(CC1CCCO1)CC1(N)CCOCC1. The molecule has 4 nitrogen and oxygen atoms in total. The van der Waals surface area contributed by atoms with Gasteiger partial charge in [-0.2, -0.15) is 0 Å². The molecule has 0 spiro atoms. The second-order valence-electron chi connectivity index (χ2n) is 5.31. The van der Waals surface area contributed by atoms with Gasteiger partial charge in [0.25, 0.3) is 0 Å². The molecule has 2 aliphatic heterocycles. The van der Waals surface area contributed by atoms with Crippen molar-refractivity contribution < 1.29 is 9.47 Å². The van der Waals surface area contributed by atoms with Crippen molar-refractivity contribution in [2.24, 2.45) is 5.73 Å². The summed E-state index contributed by atoms with van der Waals surface area (Å²) < 4.78 is 11.0. The first-order chi connectivity index (χ1) is 7.68. The van der Waals surface area contributed by atoms with Crippen molar-refractivity contribution in [2.45, 2.75) is 37.3 Å². The summed E-state index contributed by atoms with van der Waals surface area (Å²) in [6.45, 7) is 4.52. The van der Waals surface area contributed by atoms with Crippen molar-refractivity contribution in [3.8, 4) is 0 Å². The summed E-state index contributed by atoms with van der Waals surface area (Å²) >= 11 is 0.